The standard InChI is InChI=1S/C22H22ClN3O2S/c1-13-4-8-16(12-18(13)23)24-22(27)21-20(15-6-9-17(28-3)10-7-15)25-26-14(2)5-11-19(26)29-21/h4-12,20-21,25H,1-3H3,(H,24,27)/t20-,21+/m0/s1. The molecule has 1 aliphatic heterocycles. The molecule has 1 amide bonds. The summed E-state index contributed by atoms with van der Waals surface area (Å²) in [4.78, 5) is 13.2. The van der Waals surface area contributed by atoms with Crippen LogP contribution in [0.4, 0.5) is 5.69 Å². The second-order valence-corrected chi connectivity index (χ2v) is 8.59. The number of amides is 1. The number of hydrogen-bond donors (Lipinski definition) is 2. The lowest BCUT2D eigenvalue weighted by Crippen LogP contribution is -2.41. The van der Waals surface area contributed by atoms with Gasteiger partial charge in [0.25, 0.3) is 0 Å². The third-order valence-corrected chi connectivity index (χ3v) is 6.74. The highest BCUT2D eigenvalue weighted by atomic mass is 35.5. The number of halogens is 1. The highest BCUT2D eigenvalue weighted by molar-refractivity contribution is 8.00. The number of anilines is 1. The van der Waals surface area contributed by atoms with Crippen LogP contribution in [-0.2, 0) is 4.79 Å². The van der Waals surface area contributed by atoms with Crippen molar-refractivity contribution in [2.24, 2.45) is 0 Å². The van der Waals surface area contributed by atoms with Gasteiger partial charge in [-0.15, -0.1) is 0 Å². The van der Waals surface area contributed by atoms with Crippen LogP contribution >= 0.6 is 23.4 Å². The molecular formula is C22H22ClN3O2S. The van der Waals surface area contributed by atoms with Crippen molar-refractivity contribution in [3.05, 3.63) is 76.4 Å². The molecule has 2 aromatic carbocycles. The smallest absolute Gasteiger partial charge is 0.240 e. The number of aryl methyl sites for hydroxylation is 2. The van der Waals surface area contributed by atoms with E-state index in [0.29, 0.717) is 10.7 Å². The van der Waals surface area contributed by atoms with Gasteiger partial charge in [0.15, 0.2) is 0 Å². The molecule has 0 fully saturated rings. The van der Waals surface area contributed by atoms with E-state index in [1.165, 1.54) is 0 Å². The van der Waals surface area contributed by atoms with Crippen LogP contribution in [0.3, 0.4) is 0 Å². The first kappa shape index (κ1) is 19.7. The van der Waals surface area contributed by atoms with Crippen molar-refractivity contribution in [3.8, 4) is 5.75 Å². The summed E-state index contributed by atoms with van der Waals surface area (Å²) < 4.78 is 7.30. The number of nitrogens with one attached hydrogen (secondary N) is 2. The van der Waals surface area contributed by atoms with Crippen molar-refractivity contribution >= 4 is 35.0 Å². The van der Waals surface area contributed by atoms with Crippen LogP contribution < -0.4 is 15.5 Å². The summed E-state index contributed by atoms with van der Waals surface area (Å²) in [6, 6.07) is 17.2. The number of carbonyl (C=O) groups is 1. The number of benzene rings is 2. The predicted octanol–water partition coefficient (Wildman–Crippen LogP) is 5.16. The zero-order chi connectivity index (χ0) is 20.5. The first-order chi connectivity index (χ1) is 14.0. The number of ether oxygens (including phenoxy) is 1. The Hall–Kier alpha value is -2.57. The second kappa shape index (κ2) is 8.05. The van der Waals surface area contributed by atoms with Gasteiger partial charge in [-0.2, -0.15) is 0 Å². The molecule has 0 radical (unpaired) electrons. The van der Waals surface area contributed by atoms with Gasteiger partial charge >= 0.3 is 0 Å². The summed E-state index contributed by atoms with van der Waals surface area (Å²) in [6.45, 7) is 3.97. The van der Waals surface area contributed by atoms with Gasteiger partial charge in [0.2, 0.25) is 5.91 Å². The molecule has 5 nitrogen and oxygen atoms in total. The Morgan fingerprint density at radius 1 is 1.14 bits per heavy atom. The summed E-state index contributed by atoms with van der Waals surface area (Å²) in [5.41, 5.74) is 7.28. The van der Waals surface area contributed by atoms with Gasteiger partial charge in [0.05, 0.1) is 18.2 Å². The number of rotatable bonds is 4. The van der Waals surface area contributed by atoms with Crippen LogP contribution in [0, 0.1) is 13.8 Å². The fourth-order valence-electron chi connectivity index (χ4n) is 3.33. The topological polar surface area (TPSA) is 55.3 Å². The van der Waals surface area contributed by atoms with E-state index in [9.17, 15) is 4.79 Å². The van der Waals surface area contributed by atoms with Crippen LogP contribution in [-0.4, -0.2) is 22.9 Å². The molecule has 1 aromatic heterocycles. The number of hydrogen-bond acceptors (Lipinski definition) is 4. The highest BCUT2D eigenvalue weighted by Crippen LogP contribution is 2.39. The Bertz CT molecular complexity index is 1050. The quantitative estimate of drug-likeness (QED) is 0.603. The van der Waals surface area contributed by atoms with Crippen molar-refractivity contribution in [1.82, 2.24) is 4.68 Å². The van der Waals surface area contributed by atoms with Crippen LogP contribution in [0.5, 0.6) is 5.75 Å². The van der Waals surface area contributed by atoms with Crippen molar-refractivity contribution in [1.29, 1.82) is 0 Å². The molecule has 0 unspecified atom stereocenters. The predicted molar refractivity (Wildman–Crippen MR) is 119 cm³/mol. The molecular weight excluding hydrogens is 406 g/mol. The maximum atomic E-state index is 13.2. The highest BCUT2D eigenvalue weighted by Gasteiger charge is 2.36. The Morgan fingerprint density at radius 2 is 1.90 bits per heavy atom. The van der Waals surface area contributed by atoms with E-state index in [0.717, 1.165) is 27.6 Å². The lowest BCUT2D eigenvalue weighted by Gasteiger charge is -2.34. The average molecular weight is 428 g/mol. The Labute approximate surface area is 179 Å². The molecule has 29 heavy (non-hydrogen) atoms. The fraction of sp³-hybridized carbons (Fsp3) is 0.227. The van der Waals surface area contributed by atoms with Gasteiger partial charge in [-0.3, -0.25) is 9.47 Å². The zero-order valence-corrected chi connectivity index (χ0v) is 18.0. The van der Waals surface area contributed by atoms with Crippen molar-refractivity contribution in [2.45, 2.75) is 30.2 Å². The van der Waals surface area contributed by atoms with E-state index in [-0.39, 0.29) is 17.2 Å². The molecule has 2 atom stereocenters. The van der Waals surface area contributed by atoms with Gasteiger partial charge in [-0.1, -0.05) is 41.6 Å². The minimum Gasteiger partial charge on any atom is -0.497 e. The number of fused-ring (bicyclic) bond motifs is 1. The molecule has 3 aromatic rings. The third kappa shape index (κ3) is 3.95. The summed E-state index contributed by atoms with van der Waals surface area (Å²) in [7, 11) is 1.64. The summed E-state index contributed by atoms with van der Waals surface area (Å²) in [6.07, 6.45) is 0. The summed E-state index contributed by atoms with van der Waals surface area (Å²) in [5.74, 6) is 0.707. The molecule has 4 rings (SSSR count). The van der Waals surface area contributed by atoms with Crippen LogP contribution in [0.25, 0.3) is 0 Å². The zero-order valence-electron chi connectivity index (χ0n) is 16.4. The number of thioether (sulfide) groups is 1. The number of carbonyl (C=O) groups excluding carboxylic acids is 1. The van der Waals surface area contributed by atoms with E-state index < -0.39 is 0 Å². The van der Waals surface area contributed by atoms with Crippen molar-refractivity contribution in [2.75, 3.05) is 17.9 Å². The van der Waals surface area contributed by atoms with Crippen molar-refractivity contribution in [3.63, 3.8) is 0 Å². The fourth-order valence-corrected chi connectivity index (χ4v) is 4.74. The van der Waals surface area contributed by atoms with Crippen LogP contribution in [0.2, 0.25) is 5.02 Å². The minimum absolute atomic E-state index is 0.0756. The second-order valence-electron chi connectivity index (χ2n) is 7.02. The van der Waals surface area contributed by atoms with Gasteiger partial charge in [-0.25, -0.2) is 0 Å². The SMILES string of the molecule is COc1ccc([C@@H]2Nn3c(C)ccc3S[C@H]2C(=O)Nc2ccc(C)c(Cl)c2)cc1. The van der Waals surface area contributed by atoms with E-state index in [1.54, 1.807) is 24.9 Å². The van der Waals surface area contributed by atoms with Gasteiger partial charge < -0.3 is 15.5 Å². The molecule has 0 saturated carbocycles. The molecule has 150 valence electrons. The molecule has 0 aliphatic carbocycles. The van der Waals surface area contributed by atoms with E-state index >= 15 is 0 Å². The maximum absolute atomic E-state index is 13.2. The number of methoxy groups -OCH3 is 1. The largest absolute Gasteiger partial charge is 0.497 e. The Kier molecular flexibility index (Phi) is 5.48. The third-order valence-electron chi connectivity index (χ3n) is 5.03. The van der Waals surface area contributed by atoms with Gasteiger partial charge in [0.1, 0.15) is 11.0 Å². The van der Waals surface area contributed by atoms with Gasteiger partial charge in [-0.05, 0) is 61.4 Å². The summed E-state index contributed by atoms with van der Waals surface area (Å²) >= 11 is 7.77. The Morgan fingerprint density at radius 3 is 2.59 bits per heavy atom. The van der Waals surface area contributed by atoms with E-state index in [1.807, 2.05) is 67.1 Å². The number of nitrogens with zero attached hydrogens (tertiary/aromatic N) is 1. The molecule has 0 bridgehead atoms. The summed E-state index contributed by atoms with van der Waals surface area (Å²) in [5, 5.41) is 4.31. The maximum Gasteiger partial charge on any atom is 0.240 e. The number of aromatic nitrogens is 1. The monoisotopic (exact) mass is 427 g/mol. The minimum atomic E-state index is -0.356. The first-order valence-electron chi connectivity index (χ1n) is 9.29. The molecule has 2 N–H and O–H groups in total. The van der Waals surface area contributed by atoms with E-state index in [2.05, 4.69) is 10.7 Å². The average Bonchev–Trinajstić information content (AvgIpc) is 3.10. The van der Waals surface area contributed by atoms with Crippen LogP contribution in [0.1, 0.15) is 22.9 Å². The lowest BCUT2D eigenvalue weighted by molar-refractivity contribution is -0.116. The molecule has 0 saturated heterocycles. The molecule has 0 spiro atoms. The van der Waals surface area contributed by atoms with Gasteiger partial charge in [0, 0.05) is 16.4 Å². The first-order valence-corrected chi connectivity index (χ1v) is 10.5. The van der Waals surface area contributed by atoms with Crippen molar-refractivity contribution < 1.29 is 9.53 Å². The van der Waals surface area contributed by atoms with E-state index in [4.69, 9.17) is 16.3 Å². The molecule has 1 aliphatic rings. The molecule has 2 heterocycles. The Balaban J connectivity index is 1.65. The lowest BCUT2D eigenvalue weighted by atomic mass is 10.0. The molecule has 7 heteroatoms. The van der Waals surface area contributed by atoms with Crippen LogP contribution in [0.15, 0.2) is 59.6 Å². The normalized spacial score (nSPS) is 17.9.